The van der Waals surface area contributed by atoms with E-state index < -0.39 is 0 Å². The van der Waals surface area contributed by atoms with Crippen LogP contribution in [0.4, 0.5) is 0 Å². The molecule has 0 radical (unpaired) electrons. The third-order valence-corrected chi connectivity index (χ3v) is 5.71. The predicted molar refractivity (Wildman–Crippen MR) is 115 cm³/mol. The Labute approximate surface area is 177 Å². The van der Waals surface area contributed by atoms with Crippen LogP contribution in [-0.2, 0) is 4.79 Å². The fraction of sp³-hybridized carbons (Fsp3) is 0.650. The number of piperazine rings is 1. The van der Waals surface area contributed by atoms with Crippen LogP contribution < -0.4 is 10.1 Å². The van der Waals surface area contributed by atoms with Crippen LogP contribution in [-0.4, -0.2) is 97.1 Å². The minimum absolute atomic E-state index is 0.0505. The highest BCUT2D eigenvalue weighted by Crippen LogP contribution is 2.14. The maximum Gasteiger partial charge on any atom is 0.239 e. The van der Waals surface area contributed by atoms with Crippen molar-refractivity contribution in [2.45, 2.75) is 25.8 Å². The van der Waals surface area contributed by atoms with Gasteiger partial charge >= 0.3 is 0 Å². The molecule has 2 fully saturated rings. The van der Waals surface area contributed by atoms with Crippen LogP contribution in [0, 0.1) is 0 Å². The number of carbonyl (C=O) groups is 1. The quantitative estimate of drug-likeness (QED) is 0.423. The van der Waals surface area contributed by atoms with Crippen LogP contribution in [0.2, 0.25) is 5.02 Å². The van der Waals surface area contributed by atoms with E-state index in [1.54, 1.807) is 25.4 Å². The zero-order valence-corrected chi connectivity index (χ0v) is 18.1. The number of carbonyl (C=O) groups excluding carboxylic acids is 1. The molecule has 0 saturated carbocycles. The van der Waals surface area contributed by atoms with E-state index in [1.807, 2.05) is 11.8 Å². The van der Waals surface area contributed by atoms with Crippen LogP contribution >= 0.6 is 11.6 Å². The molecule has 1 aromatic heterocycles. The second kappa shape index (κ2) is 10.6. The summed E-state index contributed by atoms with van der Waals surface area (Å²) in [6.45, 7) is 8.36. The molecule has 1 unspecified atom stereocenters. The van der Waals surface area contributed by atoms with Crippen molar-refractivity contribution >= 4 is 23.5 Å². The monoisotopic (exact) mass is 422 g/mol. The average molecular weight is 423 g/mol. The van der Waals surface area contributed by atoms with E-state index in [9.17, 15) is 4.79 Å². The topological polar surface area (TPSA) is 73.3 Å². The lowest BCUT2D eigenvalue weighted by Gasteiger charge is -2.39. The molecule has 29 heavy (non-hydrogen) atoms. The number of ether oxygens (including phenoxy) is 1. The summed E-state index contributed by atoms with van der Waals surface area (Å²) in [5, 5.41) is 3.93. The Morgan fingerprint density at radius 2 is 1.93 bits per heavy atom. The summed E-state index contributed by atoms with van der Waals surface area (Å²) in [5.74, 6) is 1.68. The van der Waals surface area contributed by atoms with Gasteiger partial charge in [0.1, 0.15) is 6.61 Å². The number of hydrogen-bond donors (Lipinski definition) is 1. The Balaban J connectivity index is 1.39. The summed E-state index contributed by atoms with van der Waals surface area (Å²) in [7, 11) is 1.79. The first-order valence-electron chi connectivity index (χ1n) is 10.3. The van der Waals surface area contributed by atoms with E-state index in [0.717, 1.165) is 58.1 Å². The van der Waals surface area contributed by atoms with Crippen molar-refractivity contribution in [2.75, 3.05) is 59.5 Å². The first-order valence-corrected chi connectivity index (χ1v) is 10.7. The third-order valence-electron chi connectivity index (χ3n) is 5.48. The highest BCUT2D eigenvalue weighted by atomic mass is 35.5. The van der Waals surface area contributed by atoms with Gasteiger partial charge in [-0.3, -0.25) is 14.7 Å². The van der Waals surface area contributed by atoms with Crippen LogP contribution in [0.3, 0.4) is 0 Å². The number of halogens is 1. The van der Waals surface area contributed by atoms with Gasteiger partial charge in [-0.2, -0.15) is 0 Å². The molecular formula is C20H31ClN6O2. The Bertz CT molecular complexity index is 685. The van der Waals surface area contributed by atoms with Gasteiger partial charge in [-0.1, -0.05) is 11.6 Å². The second-order valence-corrected chi connectivity index (χ2v) is 7.80. The summed E-state index contributed by atoms with van der Waals surface area (Å²) in [6, 6.07) is 3.46. The lowest BCUT2D eigenvalue weighted by Crippen LogP contribution is -2.57. The Hall–Kier alpha value is -2.06. The van der Waals surface area contributed by atoms with Crippen LogP contribution in [0.1, 0.15) is 19.8 Å². The van der Waals surface area contributed by atoms with Crippen molar-refractivity contribution in [3.63, 3.8) is 0 Å². The zero-order chi connectivity index (χ0) is 20.6. The predicted octanol–water partition coefficient (Wildman–Crippen LogP) is 1.32. The number of amides is 1. The molecule has 0 aliphatic carbocycles. The van der Waals surface area contributed by atoms with Crippen molar-refractivity contribution in [1.82, 2.24) is 25.0 Å². The molecule has 3 heterocycles. The number of likely N-dealkylation sites (tertiary alicyclic amines) is 1. The van der Waals surface area contributed by atoms with Gasteiger partial charge in [-0.25, -0.2) is 4.98 Å². The number of aromatic nitrogens is 1. The molecule has 160 valence electrons. The molecule has 1 amide bonds. The van der Waals surface area contributed by atoms with Gasteiger partial charge in [0.15, 0.2) is 5.96 Å². The van der Waals surface area contributed by atoms with Crippen molar-refractivity contribution in [3.05, 3.63) is 23.4 Å². The van der Waals surface area contributed by atoms with Gasteiger partial charge in [-0.05, 0) is 25.8 Å². The van der Waals surface area contributed by atoms with E-state index in [-0.39, 0.29) is 11.9 Å². The maximum atomic E-state index is 12.6. The minimum Gasteiger partial charge on any atom is -0.476 e. The highest BCUT2D eigenvalue weighted by molar-refractivity contribution is 6.30. The third kappa shape index (κ3) is 5.96. The first kappa shape index (κ1) is 21.6. The van der Waals surface area contributed by atoms with Gasteiger partial charge in [0.05, 0.1) is 17.6 Å². The van der Waals surface area contributed by atoms with Crippen molar-refractivity contribution in [3.8, 4) is 5.88 Å². The number of rotatable bonds is 6. The van der Waals surface area contributed by atoms with E-state index in [2.05, 4.69) is 25.1 Å². The van der Waals surface area contributed by atoms with E-state index in [1.165, 1.54) is 0 Å². The number of pyridine rings is 1. The second-order valence-electron chi connectivity index (χ2n) is 7.37. The van der Waals surface area contributed by atoms with Gasteiger partial charge in [0, 0.05) is 58.6 Å². The summed E-state index contributed by atoms with van der Waals surface area (Å²) >= 11 is 5.82. The largest absolute Gasteiger partial charge is 0.476 e. The zero-order valence-electron chi connectivity index (χ0n) is 17.3. The van der Waals surface area contributed by atoms with Gasteiger partial charge in [0.2, 0.25) is 11.8 Å². The molecule has 1 N–H and O–H groups in total. The molecule has 8 nitrogen and oxygen atoms in total. The molecule has 2 aliphatic rings. The Morgan fingerprint density at radius 3 is 2.55 bits per heavy atom. The van der Waals surface area contributed by atoms with Crippen LogP contribution in [0.5, 0.6) is 5.88 Å². The fourth-order valence-corrected chi connectivity index (χ4v) is 3.89. The minimum atomic E-state index is -0.0505. The van der Waals surface area contributed by atoms with E-state index in [0.29, 0.717) is 24.1 Å². The van der Waals surface area contributed by atoms with Crippen molar-refractivity contribution < 1.29 is 9.53 Å². The van der Waals surface area contributed by atoms with Crippen LogP contribution in [0.25, 0.3) is 0 Å². The summed E-state index contributed by atoms with van der Waals surface area (Å²) in [5.41, 5.74) is 0. The van der Waals surface area contributed by atoms with Crippen molar-refractivity contribution in [2.24, 2.45) is 4.99 Å². The molecule has 0 spiro atoms. The normalized spacial score (nSPS) is 19.3. The van der Waals surface area contributed by atoms with E-state index >= 15 is 0 Å². The van der Waals surface area contributed by atoms with Gasteiger partial charge in [0.25, 0.3) is 0 Å². The smallest absolute Gasteiger partial charge is 0.239 e. The molecular weight excluding hydrogens is 392 g/mol. The Kier molecular flexibility index (Phi) is 7.94. The summed E-state index contributed by atoms with van der Waals surface area (Å²) in [4.78, 5) is 27.6. The maximum absolute atomic E-state index is 12.6. The molecule has 1 atom stereocenters. The molecule has 2 saturated heterocycles. The number of hydrogen-bond acceptors (Lipinski definition) is 5. The average Bonchev–Trinajstić information content (AvgIpc) is 3.29. The lowest BCUT2D eigenvalue weighted by atomic mass is 10.2. The number of nitrogens with zero attached hydrogens (tertiary/aromatic N) is 5. The Morgan fingerprint density at radius 1 is 1.21 bits per heavy atom. The summed E-state index contributed by atoms with van der Waals surface area (Å²) in [6.07, 6.45) is 3.83. The molecule has 0 aromatic carbocycles. The summed E-state index contributed by atoms with van der Waals surface area (Å²) < 4.78 is 5.61. The molecule has 0 bridgehead atoms. The molecule has 9 heteroatoms. The molecule has 2 aliphatic heterocycles. The number of nitrogens with one attached hydrogen (secondary N) is 1. The standard InChI is InChI=1S/C20H31ClN6O2/c1-16(19(28)26-8-3-4-9-26)25-10-12-27(13-11-25)20(22-2)23-7-14-29-18-6-5-17(21)15-24-18/h5-6,15-16H,3-4,7-14H2,1-2H3,(H,22,23). The van der Waals surface area contributed by atoms with Crippen LogP contribution in [0.15, 0.2) is 23.3 Å². The first-order chi connectivity index (χ1) is 14.1. The fourth-order valence-electron chi connectivity index (χ4n) is 3.78. The van der Waals surface area contributed by atoms with Gasteiger partial charge in [-0.15, -0.1) is 0 Å². The lowest BCUT2D eigenvalue weighted by molar-refractivity contribution is -0.135. The van der Waals surface area contributed by atoms with E-state index in [4.69, 9.17) is 16.3 Å². The molecule has 3 rings (SSSR count). The van der Waals surface area contributed by atoms with Gasteiger partial charge < -0.3 is 19.9 Å². The number of aliphatic imine (C=N–C) groups is 1. The SMILES string of the molecule is CN=C(NCCOc1ccc(Cl)cn1)N1CCN(C(C)C(=O)N2CCCC2)CC1. The highest BCUT2D eigenvalue weighted by Gasteiger charge is 2.30. The molecule has 1 aromatic rings. The number of guanidine groups is 1. The van der Waals surface area contributed by atoms with Crippen molar-refractivity contribution in [1.29, 1.82) is 0 Å².